The van der Waals surface area contributed by atoms with Gasteiger partial charge in [-0.2, -0.15) is 0 Å². The molecule has 0 bridgehead atoms. The summed E-state index contributed by atoms with van der Waals surface area (Å²) in [6.07, 6.45) is -0.0935. The zero-order valence-corrected chi connectivity index (χ0v) is 18.6. The standard InChI is InChI=1S/C24H24N2O5S/c1-17(31-23-10-6-5-9-22(23)30-2)24(27)25-19-11-13-20(14-12-19)32(28,29)26-16-15-18-7-3-4-8-21(18)26/h3-14,17H,15-16H2,1-2H3,(H,25,27). The van der Waals surface area contributed by atoms with E-state index >= 15 is 0 Å². The summed E-state index contributed by atoms with van der Waals surface area (Å²) >= 11 is 0. The third-order valence-electron chi connectivity index (χ3n) is 5.30. The van der Waals surface area contributed by atoms with Gasteiger partial charge in [-0.3, -0.25) is 9.10 Å². The fourth-order valence-electron chi connectivity index (χ4n) is 3.60. The molecular formula is C24H24N2O5S. The fourth-order valence-corrected chi connectivity index (χ4v) is 5.10. The molecule has 1 atom stereocenters. The van der Waals surface area contributed by atoms with Gasteiger partial charge in [-0.25, -0.2) is 8.42 Å². The number of nitrogens with zero attached hydrogens (tertiary/aromatic N) is 1. The van der Waals surface area contributed by atoms with Crippen molar-refractivity contribution < 1.29 is 22.7 Å². The van der Waals surface area contributed by atoms with Crippen LogP contribution in [0.4, 0.5) is 11.4 Å². The van der Waals surface area contributed by atoms with E-state index in [0.717, 1.165) is 5.56 Å². The first-order valence-corrected chi connectivity index (χ1v) is 11.7. The first-order valence-electron chi connectivity index (χ1n) is 10.2. The van der Waals surface area contributed by atoms with Crippen LogP contribution in [0.2, 0.25) is 0 Å². The molecule has 0 radical (unpaired) electrons. The van der Waals surface area contributed by atoms with Crippen LogP contribution in [0.25, 0.3) is 0 Å². The number of benzene rings is 3. The van der Waals surface area contributed by atoms with Gasteiger partial charge in [-0.1, -0.05) is 30.3 Å². The average molecular weight is 453 g/mol. The molecule has 0 saturated carbocycles. The van der Waals surface area contributed by atoms with Crippen molar-refractivity contribution in [2.75, 3.05) is 23.3 Å². The number of hydrogen-bond acceptors (Lipinski definition) is 5. The summed E-state index contributed by atoms with van der Waals surface area (Å²) in [6, 6.07) is 20.7. The summed E-state index contributed by atoms with van der Waals surface area (Å²) < 4.78 is 38.6. The molecule has 1 heterocycles. The van der Waals surface area contributed by atoms with Crippen LogP contribution < -0.4 is 19.1 Å². The summed E-state index contributed by atoms with van der Waals surface area (Å²) in [5, 5.41) is 2.75. The van der Waals surface area contributed by atoms with E-state index in [1.807, 2.05) is 30.3 Å². The van der Waals surface area contributed by atoms with Gasteiger partial charge in [0.05, 0.1) is 17.7 Å². The molecule has 1 unspecified atom stereocenters. The number of anilines is 2. The van der Waals surface area contributed by atoms with Crippen LogP contribution in [-0.2, 0) is 21.2 Å². The van der Waals surface area contributed by atoms with Gasteiger partial charge in [0.25, 0.3) is 15.9 Å². The first-order chi connectivity index (χ1) is 15.4. The van der Waals surface area contributed by atoms with Crippen LogP contribution in [0.15, 0.2) is 77.7 Å². The average Bonchev–Trinajstić information content (AvgIpc) is 3.25. The molecular weight excluding hydrogens is 428 g/mol. The minimum atomic E-state index is -3.68. The van der Waals surface area contributed by atoms with Crippen molar-refractivity contribution in [3.63, 3.8) is 0 Å². The molecule has 166 valence electrons. The summed E-state index contributed by atoms with van der Waals surface area (Å²) in [6.45, 7) is 2.05. The van der Waals surface area contributed by atoms with Gasteiger partial charge in [-0.15, -0.1) is 0 Å². The van der Waals surface area contributed by atoms with Crippen molar-refractivity contribution in [2.45, 2.75) is 24.3 Å². The number of carbonyl (C=O) groups excluding carboxylic acids is 1. The number of methoxy groups -OCH3 is 1. The molecule has 0 saturated heterocycles. The summed E-state index contributed by atoms with van der Waals surface area (Å²) in [5.74, 6) is 0.634. The summed E-state index contributed by atoms with van der Waals surface area (Å²) in [4.78, 5) is 12.7. The lowest BCUT2D eigenvalue weighted by molar-refractivity contribution is -0.122. The van der Waals surface area contributed by atoms with E-state index < -0.39 is 16.1 Å². The van der Waals surface area contributed by atoms with Crippen LogP contribution in [-0.4, -0.2) is 34.1 Å². The highest BCUT2D eigenvalue weighted by Gasteiger charge is 2.30. The Morgan fingerprint density at radius 1 is 0.969 bits per heavy atom. The van der Waals surface area contributed by atoms with Crippen LogP contribution >= 0.6 is 0 Å². The van der Waals surface area contributed by atoms with Crippen LogP contribution in [0.1, 0.15) is 12.5 Å². The SMILES string of the molecule is COc1ccccc1OC(C)C(=O)Nc1ccc(S(=O)(=O)N2CCc3ccccc32)cc1. The molecule has 0 aromatic heterocycles. The molecule has 0 spiro atoms. The monoisotopic (exact) mass is 452 g/mol. The number of fused-ring (bicyclic) bond motifs is 1. The second kappa shape index (κ2) is 8.92. The van der Waals surface area contributed by atoms with Crippen molar-refractivity contribution in [3.05, 3.63) is 78.4 Å². The minimum absolute atomic E-state index is 0.172. The second-order valence-electron chi connectivity index (χ2n) is 7.38. The van der Waals surface area contributed by atoms with Crippen molar-refractivity contribution in [2.24, 2.45) is 0 Å². The highest BCUT2D eigenvalue weighted by Crippen LogP contribution is 2.33. The summed E-state index contributed by atoms with van der Waals surface area (Å²) in [5.41, 5.74) is 2.21. The molecule has 1 aliphatic heterocycles. The van der Waals surface area contributed by atoms with Crippen molar-refractivity contribution >= 4 is 27.3 Å². The number of para-hydroxylation sites is 3. The van der Waals surface area contributed by atoms with Crippen LogP contribution in [0, 0.1) is 0 Å². The van der Waals surface area contributed by atoms with Crippen molar-refractivity contribution in [1.82, 2.24) is 0 Å². The maximum Gasteiger partial charge on any atom is 0.265 e. The van der Waals surface area contributed by atoms with E-state index in [-0.39, 0.29) is 10.8 Å². The highest BCUT2D eigenvalue weighted by molar-refractivity contribution is 7.92. The smallest absolute Gasteiger partial charge is 0.265 e. The largest absolute Gasteiger partial charge is 0.493 e. The molecule has 32 heavy (non-hydrogen) atoms. The number of sulfonamides is 1. The predicted octanol–water partition coefficient (Wildman–Crippen LogP) is 3.85. The Bertz CT molecular complexity index is 1230. The highest BCUT2D eigenvalue weighted by atomic mass is 32.2. The molecule has 3 aromatic carbocycles. The molecule has 7 nitrogen and oxygen atoms in total. The first kappa shape index (κ1) is 21.7. The van der Waals surface area contributed by atoms with Gasteiger partial charge in [-0.05, 0) is 61.4 Å². The van der Waals surface area contributed by atoms with E-state index in [1.54, 1.807) is 37.3 Å². The number of nitrogens with one attached hydrogen (secondary N) is 1. The number of carbonyl (C=O) groups is 1. The van der Waals surface area contributed by atoms with E-state index in [9.17, 15) is 13.2 Å². The Balaban J connectivity index is 1.44. The van der Waals surface area contributed by atoms with E-state index in [2.05, 4.69) is 5.32 Å². The van der Waals surface area contributed by atoms with Gasteiger partial charge in [0.1, 0.15) is 0 Å². The normalized spacial score (nSPS) is 13.9. The molecule has 8 heteroatoms. The lowest BCUT2D eigenvalue weighted by atomic mass is 10.2. The van der Waals surface area contributed by atoms with Gasteiger partial charge >= 0.3 is 0 Å². The lowest BCUT2D eigenvalue weighted by Crippen LogP contribution is -2.30. The Morgan fingerprint density at radius 3 is 2.34 bits per heavy atom. The molecule has 0 fully saturated rings. The van der Waals surface area contributed by atoms with Gasteiger partial charge in [0, 0.05) is 12.2 Å². The Hall–Kier alpha value is -3.52. The third kappa shape index (κ3) is 4.27. The Morgan fingerprint density at radius 2 is 1.62 bits per heavy atom. The lowest BCUT2D eigenvalue weighted by Gasteiger charge is -2.20. The van der Waals surface area contributed by atoms with Crippen LogP contribution in [0.5, 0.6) is 11.5 Å². The topological polar surface area (TPSA) is 84.9 Å². The molecule has 1 N–H and O–H groups in total. The molecule has 0 aliphatic carbocycles. The maximum atomic E-state index is 13.1. The number of ether oxygens (including phenoxy) is 2. The van der Waals surface area contributed by atoms with E-state index in [0.29, 0.717) is 35.8 Å². The molecule has 3 aromatic rings. The minimum Gasteiger partial charge on any atom is -0.493 e. The van der Waals surface area contributed by atoms with Gasteiger partial charge in [0.15, 0.2) is 17.6 Å². The zero-order valence-electron chi connectivity index (χ0n) is 17.8. The second-order valence-corrected chi connectivity index (χ2v) is 9.24. The maximum absolute atomic E-state index is 13.1. The molecule has 1 amide bonds. The number of amides is 1. The zero-order chi connectivity index (χ0) is 22.7. The fraction of sp³-hybridized carbons (Fsp3) is 0.208. The Labute approximate surface area is 187 Å². The van der Waals surface area contributed by atoms with Crippen molar-refractivity contribution in [3.8, 4) is 11.5 Å². The Kier molecular flexibility index (Phi) is 6.05. The van der Waals surface area contributed by atoms with Crippen molar-refractivity contribution in [1.29, 1.82) is 0 Å². The van der Waals surface area contributed by atoms with Gasteiger partial charge < -0.3 is 14.8 Å². The molecule has 4 rings (SSSR count). The third-order valence-corrected chi connectivity index (χ3v) is 7.12. The predicted molar refractivity (Wildman–Crippen MR) is 123 cm³/mol. The quantitative estimate of drug-likeness (QED) is 0.589. The van der Waals surface area contributed by atoms with Crippen LogP contribution in [0.3, 0.4) is 0 Å². The molecule has 1 aliphatic rings. The number of hydrogen-bond donors (Lipinski definition) is 1. The number of rotatable bonds is 7. The van der Waals surface area contributed by atoms with Gasteiger partial charge in [0.2, 0.25) is 0 Å². The van der Waals surface area contributed by atoms with E-state index in [4.69, 9.17) is 9.47 Å². The summed E-state index contributed by atoms with van der Waals surface area (Å²) in [7, 11) is -2.15. The van der Waals surface area contributed by atoms with E-state index in [1.165, 1.54) is 23.5 Å².